The highest BCUT2D eigenvalue weighted by atomic mass is 32.2. The van der Waals surface area contributed by atoms with Crippen molar-refractivity contribution in [3.63, 3.8) is 0 Å². The van der Waals surface area contributed by atoms with E-state index in [1.165, 1.54) is 0 Å². The van der Waals surface area contributed by atoms with Gasteiger partial charge < -0.3 is 10.4 Å². The van der Waals surface area contributed by atoms with E-state index in [0.717, 1.165) is 5.69 Å². The van der Waals surface area contributed by atoms with Crippen molar-refractivity contribution in [1.29, 1.82) is 0 Å². The molecule has 0 aliphatic carbocycles. The number of hydrogen-bond donors (Lipinski definition) is 4. The van der Waals surface area contributed by atoms with E-state index in [2.05, 4.69) is 5.32 Å². The summed E-state index contributed by atoms with van der Waals surface area (Å²) in [4.78, 5) is 0. The zero-order valence-corrected chi connectivity index (χ0v) is 7.78. The third-order valence-electron chi connectivity index (χ3n) is 1.16. The molecule has 0 aliphatic rings. The molecule has 0 aliphatic heterocycles. The van der Waals surface area contributed by atoms with E-state index in [-0.39, 0.29) is 0 Å². The first-order valence-corrected chi connectivity index (χ1v) is 4.39. The molecular formula is C7H11NO4S. The van der Waals surface area contributed by atoms with Crippen LogP contribution in [0.3, 0.4) is 0 Å². The summed E-state index contributed by atoms with van der Waals surface area (Å²) in [6, 6.07) is 6.92. The number of aromatic hydroxyl groups is 1. The van der Waals surface area contributed by atoms with E-state index in [4.69, 9.17) is 18.4 Å². The van der Waals surface area contributed by atoms with Crippen LogP contribution in [0, 0.1) is 0 Å². The molecule has 0 heterocycles. The highest BCUT2D eigenvalue weighted by molar-refractivity contribution is 7.73. The first-order chi connectivity index (χ1) is 6.06. The molecule has 0 aromatic heterocycles. The van der Waals surface area contributed by atoms with E-state index >= 15 is 0 Å². The van der Waals surface area contributed by atoms with E-state index in [0.29, 0.717) is 5.75 Å². The van der Waals surface area contributed by atoms with E-state index in [1.54, 1.807) is 12.1 Å². The van der Waals surface area contributed by atoms with Gasteiger partial charge in [0, 0.05) is 12.7 Å². The Kier molecular flexibility index (Phi) is 5.86. The van der Waals surface area contributed by atoms with E-state index in [1.807, 2.05) is 19.2 Å². The summed E-state index contributed by atoms with van der Waals surface area (Å²) in [7, 11) is 1.84. The van der Waals surface area contributed by atoms with Crippen LogP contribution in [0.1, 0.15) is 0 Å². The van der Waals surface area contributed by atoms with Gasteiger partial charge in [-0.3, -0.25) is 9.11 Å². The Balaban J connectivity index is 0.000000310. The molecule has 4 N–H and O–H groups in total. The molecular weight excluding hydrogens is 194 g/mol. The third kappa shape index (κ3) is 7.26. The van der Waals surface area contributed by atoms with Gasteiger partial charge in [0.15, 0.2) is 0 Å². The highest BCUT2D eigenvalue weighted by Gasteiger charge is 1.85. The van der Waals surface area contributed by atoms with Gasteiger partial charge >= 0.3 is 0 Å². The largest absolute Gasteiger partial charge is 0.508 e. The lowest BCUT2D eigenvalue weighted by molar-refractivity contribution is 0.454. The Bertz CT molecular complexity index is 258. The van der Waals surface area contributed by atoms with E-state index in [9.17, 15) is 0 Å². The van der Waals surface area contributed by atoms with Gasteiger partial charge in [0.1, 0.15) is 5.75 Å². The molecule has 0 fully saturated rings. The van der Waals surface area contributed by atoms with Gasteiger partial charge in [-0.25, -0.2) is 0 Å². The van der Waals surface area contributed by atoms with Crippen molar-refractivity contribution in [3.05, 3.63) is 24.3 Å². The van der Waals surface area contributed by atoms with Crippen molar-refractivity contribution in [2.75, 3.05) is 12.4 Å². The van der Waals surface area contributed by atoms with Gasteiger partial charge in [-0.2, -0.15) is 4.21 Å². The minimum atomic E-state index is -2.61. The number of anilines is 1. The average molecular weight is 205 g/mol. The van der Waals surface area contributed by atoms with Crippen LogP contribution in [0.2, 0.25) is 0 Å². The second-order valence-corrected chi connectivity index (χ2v) is 2.49. The van der Waals surface area contributed by atoms with Crippen LogP contribution in [-0.2, 0) is 11.4 Å². The van der Waals surface area contributed by atoms with Crippen LogP contribution in [0.4, 0.5) is 5.69 Å². The molecule has 0 saturated heterocycles. The number of rotatable bonds is 1. The molecule has 1 aromatic carbocycles. The molecule has 1 rings (SSSR count). The summed E-state index contributed by atoms with van der Waals surface area (Å²) >= 11 is -2.61. The number of hydrogen-bond acceptors (Lipinski definition) is 3. The maximum Gasteiger partial charge on any atom is 0.299 e. The molecule has 1 aromatic rings. The SMILES string of the molecule is CNc1ccc(O)cc1.O=S(O)O. The fourth-order valence-electron chi connectivity index (χ4n) is 0.628. The first-order valence-electron chi connectivity index (χ1n) is 3.33. The van der Waals surface area contributed by atoms with Crippen molar-refractivity contribution in [3.8, 4) is 5.75 Å². The molecule has 0 atom stereocenters. The maximum atomic E-state index is 8.82. The molecule has 0 saturated carbocycles. The second-order valence-electron chi connectivity index (χ2n) is 2.03. The van der Waals surface area contributed by atoms with Crippen molar-refractivity contribution >= 4 is 17.0 Å². The first kappa shape index (κ1) is 11.9. The smallest absolute Gasteiger partial charge is 0.299 e. The number of nitrogens with one attached hydrogen (secondary N) is 1. The fraction of sp³-hybridized carbons (Fsp3) is 0.143. The topological polar surface area (TPSA) is 89.8 Å². The molecule has 13 heavy (non-hydrogen) atoms. The molecule has 0 radical (unpaired) electrons. The lowest BCUT2D eigenvalue weighted by Gasteiger charge is -1.96. The monoisotopic (exact) mass is 205 g/mol. The van der Waals surface area contributed by atoms with Gasteiger partial charge in [-0.1, -0.05) is 0 Å². The Morgan fingerprint density at radius 2 is 1.62 bits per heavy atom. The highest BCUT2D eigenvalue weighted by Crippen LogP contribution is 2.12. The lowest BCUT2D eigenvalue weighted by Crippen LogP contribution is -1.84. The summed E-state index contributed by atoms with van der Waals surface area (Å²) in [5, 5.41) is 11.8. The number of benzene rings is 1. The second kappa shape index (κ2) is 6.41. The normalized spacial score (nSPS) is 8.92. The fourth-order valence-corrected chi connectivity index (χ4v) is 0.628. The van der Waals surface area contributed by atoms with Gasteiger partial charge in [0.25, 0.3) is 11.4 Å². The zero-order chi connectivity index (χ0) is 10.3. The molecule has 0 spiro atoms. The minimum Gasteiger partial charge on any atom is -0.508 e. The van der Waals surface area contributed by atoms with Gasteiger partial charge in [-0.15, -0.1) is 0 Å². The number of phenols is 1. The summed E-state index contributed by atoms with van der Waals surface area (Å²) in [6.07, 6.45) is 0. The van der Waals surface area contributed by atoms with Crippen LogP contribution in [0.5, 0.6) is 5.75 Å². The molecule has 5 nitrogen and oxygen atoms in total. The summed E-state index contributed by atoms with van der Waals surface area (Å²) in [5.41, 5.74) is 1.01. The quantitative estimate of drug-likeness (QED) is 0.407. The maximum absolute atomic E-state index is 8.82. The van der Waals surface area contributed by atoms with Crippen molar-refractivity contribution in [1.82, 2.24) is 0 Å². The Morgan fingerprint density at radius 3 is 1.92 bits per heavy atom. The van der Waals surface area contributed by atoms with Crippen LogP contribution in [0.25, 0.3) is 0 Å². The van der Waals surface area contributed by atoms with Crippen molar-refractivity contribution in [2.45, 2.75) is 0 Å². The van der Waals surface area contributed by atoms with Crippen LogP contribution >= 0.6 is 0 Å². The Morgan fingerprint density at radius 1 is 1.23 bits per heavy atom. The molecule has 0 bridgehead atoms. The van der Waals surface area contributed by atoms with Gasteiger partial charge in [-0.05, 0) is 24.3 Å². The van der Waals surface area contributed by atoms with Crippen LogP contribution in [0.15, 0.2) is 24.3 Å². The lowest BCUT2D eigenvalue weighted by atomic mass is 10.3. The average Bonchev–Trinajstić information content (AvgIpc) is 2.05. The van der Waals surface area contributed by atoms with Gasteiger partial charge in [0.2, 0.25) is 0 Å². The van der Waals surface area contributed by atoms with Gasteiger partial charge in [0.05, 0.1) is 0 Å². The molecule has 0 amide bonds. The summed E-state index contributed by atoms with van der Waals surface area (Å²) < 4.78 is 22.8. The van der Waals surface area contributed by atoms with Crippen molar-refractivity contribution < 1.29 is 18.4 Å². The Labute approximate surface area is 78.5 Å². The standard InChI is InChI=1S/C7H9NO.H2O3S/c1-8-6-2-4-7(9)5-3-6;1-4(2)3/h2-5,8-9H,1H3;(H2,1,2,3). The predicted molar refractivity (Wildman–Crippen MR) is 51.1 cm³/mol. The Hall–Kier alpha value is -1.11. The summed E-state index contributed by atoms with van der Waals surface area (Å²) in [5.74, 6) is 0.300. The van der Waals surface area contributed by atoms with Crippen LogP contribution in [-0.4, -0.2) is 25.5 Å². The molecule has 6 heteroatoms. The van der Waals surface area contributed by atoms with Crippen LogP contribution < -0.4 is 5.32 Å². The molecule has 74 valence electrons. The number of phenolic OH excluding ortho intramolecular Hbond substituents is 1. The summed E-state index contributed by atoms with van der Waals surface area (Å²) in [6.45, 7) is 0. The minimum absolute atomic E-state index is 0.300. The predicted octanol–water partition coefficient (Wildman–Crippen LogP) is 1.11. The van der Waals surface area contributed by atoms with E-state index < -0.39 is 11.4 Å². The zero-order valence-electron chi connectivity index (χ0n) is 6.97. The third-order valence-corrected chi connectivity index (χ3v) is 1.16. The van der Waals surface area contributed by atoms with Crippen molar-refractivity contribution in [2.24, 2.45) is 0 Å². The molecule has 0 unspecified atom stereocenters.